The van der Waals surface area contributed by atoms with E-state index in [4.69, 9.17) is 0 Å². The van der Waals surface area contributed by atoms with Crippen LogP contribution in [0.3, 0.4) is 0 Å². The maximum Gasteiger partial charge on any atom is 0.342 e. The molecule has 0 radical (unpaired) electrons. The molecular weight excluding hydrogens is 371 g/mol. The van der Waals surface area contributed by atoms with E-state index in [1.807, 2.05) is 6.92 Å². The summed E-state index contributed by atoms with van der Waals surface area (Å²) in [5.41, 5.74) is -0.532. The Hall–Kier alpha value is -1.22. The van der Waals surface area contributed by atoms with Crippen molar-refractivity contribution in [3.8, 4) is 0 Å². The van der Waals surface area contributed by atoms with Gasteiger partial charge in [0.15, 0.2) is 0 Å². The molecule has 25 heavy (non-hydrogen) atoms. The van der Waals surface area contributed by atoms with Crippen LogP contribution in [0.25, 0.3) is 0 Å². The highest BCUT2D eigenvalue weighted by molar-refractivity contribution is 7.89. The summed E-state index contributed by atoms with van der Waals surface area (Å²) in [7, 11) is -2.91. The van der Waals surface area contributed by atoms with Crippen LogP contribution in [-0.2, 0) is 14.8 Å². The second-order valence-electron chi connectivity index (χ2n) is 5.70. The first-order valence-electron chi connectivity index (χ1n) is 8.02. The summed E-state index contributed by atoms with van der Waals surface area (Å²) in [6.45, 7) is 3.67. The highest BCUT2D eigenvalue weighted by Crippen LogP contribution is 2.27. The smallest absolute Gasteiger partial charge is 0.342 e. The number of rotatable bonds is 6. The highest BCUT2D eigenvalue weighted by atomic mass is 35.5. The zero-order valence-electron chi connectivity index (χ0n) is 14.3. The number of esters is 1. The third-order valence-corrected chi connectivity index (χ3v) is 6.11. The number of halogens is 2. The number of carbonyl (C=O) groups excluding carboxylic acids is 1. The van der Waals surface area contributed by atoms with E-state index in [1.54, 1.807) is 0 Å². The average Bonchev–Trinajstić information content (AvgIpc) is 2.59. The third-order valence-electron chi connectivity index (χ3n) is 4.11. The first-order valence-corrected chi connectivity index (χ1v) is 9.46. The molecule has 1 aromatic carbocycles. The lowest BCUT2D eigenvalue weighted by atomic mass is 10.1. The van der Waals surface area contributed by atoms with Crippen LogP contribution in [0.4, 0.5) is 4.39 Å². The summed E-state index contributed by atoms with van der Waals surface area (Å²) in [6.07, 6.45) is 2.00. The van der Waals surface area contributed by atoms with Crippen molar-refractivity contribution >= 4 is 28.4 Å². The van der Waals surface area contributed by atoms with Gasteiger partial charge in [0.2, 0.25) is 10.0 Å². The van der Waals surface area contributed by atoms with E-state index in [9.17, 15) is 17.6 Å². The van der Waals surface area contributed by atoms with Crippen molar-refractivity contribution in [3.63, 3.8) is 0 Å². The molecule has 0 bridgehead atoms. The van der Waals surface area contributed by atoms with E-state index in [0.717, 1.165) is 26.3 Å². The third kappa shape index (κ3) is 4.69. The molecule has 6 nitrogen and oxygen atoms in total. The van der Waals surface area contributed by atoms with E-state index in [1.165, 1.54) is 16.4 Å². The summed E-state index contributed by atoms with van der Waals surface area (Å²) < 4.78 is 46.4. The molecule has 142 valence electrons. The number of benzene rings is 1. The van der Waals surface area contributed by atoms with Crippen LogP contribution >= 0.6 is 12.4 Å². The van der Waals surface area contributed by atoms with Crippen molar-refractivity contribution < 1.29 is 22.3 Å². The maximum absolute atomic E-state index is 14.1. The minimum absolute atomic E-state index is 0. The summed E-state index contributed by atoms with van der Waals surface area (Å²) in [5.74, 6) is -1.89. The fourth-order valence-corrected chi connectivity index (χ4v) is 4.93. The average molecular weight is 395 g/mol. The summed E-state index contributed by atoms with van der Waals surface area (Å²) in [4.78, 5) is 11.6. The Morgan fingerprint density at radius 2 is 2.00 bits per heavy atom. The van der Waals surface area contributed by atoms with Crippen molar-refractivity contribution in [2.45, 2.75) is 37.1 Å². The number of methoxy groups -OCH3 is 1. The van der Waals surface area contributed by atoms with Gasteiger partial charge in [-0.25, -0.2) is 17.6 Å². The standard InChI is InChI=1S/C16H23FN2O4S.ClH/c1-3-11-19(12-7-9-18-10-8-12)24(21,22)14-6-4-5-13(17)15(14)16(20)23-2;/h4-6,12,18H,3,7-11H2,1-2H3;1H. The Morgan fingerprint density at radius 3 is 2.56 bits per heavy atom. The normalized spacial score (nSPS) is 15.7. The summed E-state index contributed by atoms with van der Waals surface area (Å²) >= 11 is 0. The zero-order valence-corrected chi connectivity index (χ0v) is 16.0. The molecule has 9 heteroatoms. The van der Waals surface area contributed by atoms with Gasteiger partial charge < -0.3 is 10.1 Å². The van der Waals surface area contributed by atoms with Gasteiger partial charge in [-0.2, -0.15) is 4.31 Å². The molecule has 0 amide bonds. The summed E-state index contributed by atoms with van der Waals surface area (Å²) in [5, 5.41) is 3.20. The number of carbonyl (C=O) groups is 1. The molecule has 0 saturated carbocycles. The molecule has 1 heterocycles. The van der Waals surface area contributed by atoms with Gasteiger partial charge in [-0.05, 0) is 44.5 Å². The van der Waals surface area contributed by atoms with Crippen LogP contribution in [0.2, 0.25) is 0 Å². The number of ether oxygens (including phenoxy) is 1. The fraction of sp³-hybridized carbons (Fsp3) is 0.562. The summed E-state index contributed by atoms with van der Waals surface area (Å²) in [6, 6.07) is 3.44. The zero-order chi connectivity index (χ0) is 17.7. The van der Waals surface area contributed by atoms with Crippen molar-refractivity contribution in [3.05, 3.63) is 29.6 Å². The number of piperidine rings is 1. The van der Waals surface area contributed by atoms with Crippen LogP contribution in [0.5, 0.6) is 0 Å². The van der Waals surface area contributed by atoms with E-state index >= 15 is 0 Å². The molecule has 0 aliphatic carbocycles. The molecule has 0 spiro atoms. The van der Waals surface area contributed by atoms with Crippen molar-refractivity contribution in [2.24, 2.45) is 0 Å². The molecule has 0 aromatic heterocycles. The first-order chi connectivity index (χ1) is 11.4. The van der Waals surface area contributed by atoms with E-state index in [0.29, 0.717) is 25.8 Å². The first kappa shape index (κ1) is 21.8. The number of hydrogen-bond donors (Lipinski definition) is 1. The predicted octanol–water partition coefficient (Wildman–Crippen LogP) is 2.19. The molecule has 1 aromatic rings. The minimum atomic E-state index is -4.01. The van der Waals surface area contributed by atoms with Gasteiger partial charge in [-0.3, -0.25) is 0 Å². The highest BCUT2D eigenvalue weighted by Gasteiger charge is 2.35. The van der Waals surface area contributed by atoms with E-state index in [2.05, 4.69) is 10.1 Å². The molecule has 1 fully saturated rings. The van der Waals surface area contributed by atoms with Gasteiger partial charge in [0.25, 0.3) is 0 Å². The van der Waals surface area contributed by atoms with Gasteiger partial charge >= 0.3 is 5.97 Å². The SMILES string of the molecule is CCCN(C1CCNCC1)S(=O)(=O)c1cccc(F)c1C(=O)OC.Cl. The lowest BCUT2D eigenvalue weighted by Gasteiger charge is -2.33. The number of nitrogens with zero attached hydrogens (tertiary/aromatic N) is 1. The second kappa shape index (κ2) is 9.47. The van der Waals surface area contributed by atoms with Gasteiger partial charge in [0.05, 0.1) is 12.0 Å². The van der Waals surface area contributed by atoms with E-state index in [-0.39, 0.29) is 23.3 Å². The van der Waals surface area contributed by atoms with E-state index < -0.39 is 27.4 Å². The van der Waals surface area contributed by atoms with Gasteiger partial charge in [0.1, 0.15) is 11.4 Å². The molecule has 0 atom stereocenters. The minimum Gasteiger partial charge on any atom is -0.465 e. The Labute approximate surface area is 154 Å². The predicted molar refractivity (Wildman–Crippen MR) is 95.1 cm³/mol. The molecule has 1 aliphatic rings. The van der Waals surface area contributed by atoms with Crippen molar-refractivity contribution in [2.75, 3.05) is 26.7 Å². The van der Waals surface area contributed by atoms with Gasteiger partial charge in [-0.1, -0.05) is 13.0 Å². The molecule has 0 unspecified atom stereocenters. The van der Waals surface area contributed by atoms with Crippen LogP contribution in [0.15, 0.2) is 23.1 Å². The van der Waals surface area contributed by atoms with Crippen molar-refractivity contribution in [1.29, 1.82) is 0 Å². The quantitative estimate of drug-likeness (QED) is 0.748. The molecular formula is C16H24ClFN2O4S. The van der Waals surface area contributed by atoms with Gasteiger partial charge in [-0.15, -0.1) is 12.4 Å². The Kier molecular flexibility index (Phi) is 8.27. The Morgan fingerprint density at radius 1 is 1.36 bits per heavy atom. The Balaban J connectivity index is 0.00000312. The molecule has 1 N–H and O–H groups in total. The van der Waals surface area contributed by atoms with Crippen LogP contribution in [-0.4, -0.2) is 51.5 Å². The largest absolute Gasteiger partial charge is 0.465 e. The number of sulfonamides is 1. The fourth-order valence-electron chi connectivity index (χ4n) is 2.96. The van der Waals surface area contributed by atoms with Gasteiger partial charge in [0, 0.05) is 12.6 Å². The lowest BCUT2D eigenvalue weighted by molar-refractivity contribution is 0.0590. The van der Waals surface area contributed by atoms with Crippen LogP contribution < -0.4 is 5.32 Å². The second-order valence-corrected chi connectivity index (χ2v) is 7.56. The monoisotopic (exact) mass is 394 g/mol. The molecule has 1 aliphatic heterocycles. The van der Waals surface area contributed by atoms with Crippen molar-refractivity contribution in [1.82, 2.24) is 9.62 Å². The maximum atomic E-state index is 14.1. The lowest BCUT2D eigenvalue weighted by Crippen LogP contribution is -2.46. The molecule has 1 saturated heterocycles. The number of nitrogens with one attached hydrogen (secondary N) is 1. The van der Waals surface area contributed by atoms with Crippen LogP contribution in [0, 0.1) is 5.82 Å². The Bertz CT molecular complexity index is 693. The van der Waals surface area contributed by atoms with Crippen LogP contribution in [0.1, 0.15) is 36.5 Å². The number of hydrogen-bond acceptors (Lipinski definition) is 5. The molecule has 2 rings (SSSR count). The topological polar surface area (TPSA) is 75.7 Å².